The first kappa shape index (κ1) is 19.2. The van der Waals surface area contributed by atoms with Crippen LogP contribution in [0.5, 0.6) is 0 Å². The summed E-state index contributed by atoms with van der Waals surface area (Å²) in [5.41, 5.74) is 6.20. The third-order valence-electron chi connectivity index (χ3n) is 4.51. The first-order chi connectivity index (χ1) is 14.5. The lowest BCUT2D eigenvalue weighted by Gasteiger charge is -2.03. The first-order valence-corrected chi connectivity index (χ1v) is 9.14. The molecule has 7 heteroatoms. The van der Waals surface area contributed by atoms with Gasteiger partial charge < -0.3 is 8.83 Å². The predicted octanol–water partition coefficient (Wildman–Crippen LogP) is 4.61. The van der Waals surface area contributed by atoms with E-state index in [1.807, 2.05) is 18.2 Å². The third kappa shape index (κ3) is 3.86. The van der Waals surface area contributed by atoms with E-state index in [4.69, 9.17) is 8.83 Å². The molecule has 2 N–H and O–H groups in total. The van der Waals surface area contributed by atoms with E-state index in [-0.39, 0.29) is 5.76 Å². The Labute approximate surface area is 171 Å². The number of benzene rings is 2. The van der Waals surface area contributed by atoms with Crippen molar-refractivity contribution in [2.24, 2.45) is 0 Å². The van der Waals surface area contributed by atoms with Gasteiger partial charge in [-0.25, -0.2) is 4.39 Å². The number of hydrogen-bond acceptors (Lipinski definition) is 4. The van der Waals surface area contributed by atoms with Crippen molar-refractivity contribution in [1.29, 1.82) is 0 Å². The van der Waals surface area contributed by atoms with E-state index in [2.05, 4.69) is 10.9 Å². The molecule has 4 rings (SSSR count). The minimum Gasteiger partial charge on any atom is -0.457 e. The van der Waals surface area contributed by atoms with Gasteiger partial charge in [0.15, 0.2) is 5.76 Å². The number of rotatable bonds is 4. The van der Waals surface area contributed by atoms with Gasteiger partial charge >= 0.3 is 5.91 Å². The fraction of sp³-hybridized carbons (Fsp3) is 0.0435. The molecule has 0 bridgehead atoms. The number of amides is 2. The quantitative estimate of drug-likeness (QED) is 0.384. The molecule has 4 aromatic rings. The molecule has 0 spiro atoms. The molecule has 2 heterocycles. The summed E-state index contributed by atoms with van der Waals surface area (Å²) < 4.78 is 24.9. The zero-order chi connectivity index (χ0) is 21.1. The molecule has 0 unspecified atom stereocenters. The summed E-state index contributed by atoms with van der Waals surface area (Å²) in [6, 6.07) is 16.7. The van der Waals surface area contributed by atoms with Gasteiger partial charge in [-0.1, -0.05) is 30.3 Å². The van der Waals surface area contributed by atoms with Crippen LogP contribution in [0, 0.1) is 12.7 Å². The molecule has 6 nitrogen and oxygen atoms in total. The van der Waals surface area contributed by atoms with Crippen molar-refractivity contribution in [3.63, 3.8) is 0 Å². The van der Waals surface area contributed by atoms with Crippen molar-refractivity contribution >= 4 is 28.9 Å². The average molecular weight is 404 g/mol. The monoisotopic (exact) mass is 404 g/mol. The van der Waals surface area contributed by atoms with Crippen LogP contribution in [0.1, 0.15) is 21.9 Å². The molecule has 0 fully saturated rings. The minimum atomic E-state index is -0.569. The van der Waals surface area contributed by atoms with Crippen LogP contribution >= 0.6 is 0 Å². The summed E-state index contributed by atoms with van der Waals surface area (Å²) in [5.74, 6) is -0.694. The van der Waals surface area contributed by atoms with E-state index in [1.54, 1.807) is 43.3 Å². The van der Waals surface area contributed by atoms with Gasteiger partial charge in [0.1, 0.15) is 22.9 Å². The maximum absolute atomic E-state index is 13.8. The van der Waals surface area contributed by atoms with Crippen molar-refractivity contribution < 1.29 is 22.8 Å². The molecule has 150 valence electrons. The molecule has 0 aliphatic carbocycles. The molecule has 0 radical (unpaired) electrons. The highest BCUT2D eigenvalue weighted by Gasteiger charge is 2.17. The number of fused-ring (bicyclic) bond motifs is 1. The molecule has 0 aliphatic rings. The summed E-state index contributed by atoms with van der Waals surface area (Å²) in [4.78, 5) is 24.3. The Balaban J connectivity index is 1.38. The third-order valence-corrected chi connectivity index (χ3v) is 4.51. The maximum Gasteiger partial charge on any atom is 0.305 e. The second kappa shape index (κ2) is 8.08. The zero-order valence-electron chi connectivity index (χ0n) is 15.9. The van der Waals surface area contributed by atoms with Crippen LogP contribution in [0.15, 0.2) is 75.6 Å². The highest BCUT2D eigenvalue weighted by molar-refractivity contribution is 6.00. The number of hydrogen-bond donors (Lipinski definition) is 2. The van der Waals surface area contributed by atoms with E-state index in [0.717, 1.165) is 5.39 Å². The van der Waals surface area contributed by atoms with Crippen LogP contribution in [-0.4, -0.2) is 11.8 Å². The van der Waals surface area contributed by atoms with E-state index >= 15 is 0 Å². The number of carbonyl (C=O) groups is 2. The second-order valence-electron chi connectivity index (χ2n) is 6.51. The fourth-order valence-electron chi connectivity index (χ4n) is 3.01. The lowest BCUT2D eigenvalue weighted by molar-refractivity contribution is -0.117. The van der Waals surface area contributed by atoms with E-state index < -0.39 is 17.6 Å². The van der Waals surface area contributed by atoms with Crippen molar-refractivity contribution in [2.45, 2.75) is 6.92 Å². The number of nitrogens with one attached hydrogen (secondary N) is 2. The Hall–Kier alpha value is -4.13. The summed E-state index contributed by atoms with van der Waals surface area (Å²) in [6.45, 7) is 1.77. The van der Waals surface area contributed by atoms with Crippen molar-refractivity contribution in [3.8, 4) is 11.3 Å². The topological polar surface area (TPSA) is 84.5 Å². The van der Waals surface area contributed by atoms with Gasteiger partial charge in [0.2, 0.25) is 0 Å². The Morgan fingerprint density at radius 2 is 1.70 bits per heavy atom. The molecule has 0 aliphatic heterocycles. The smallest absolute Gasteiger partial charge is 0.305 e. The number of para-hydroxylation sites is 1. The van der Waals surface area contributed by atoms with Crippen molar-refractivity contribution in [3.05, 3.63) is 89.6 Å². The van der Waals surface area contributed by atoms with Gasteiger partial charge in [0, 0.05) is 17.0 Å². The maximum atomic E-state index is 13.8. The molecular formula is C23H17FN2O4. The van der Waals surface area contributed by atoms with Crippen LogP contribution < -0.4 is 10.9 Å². The van der Waals surface area contributed by atoms with Crippen LogP contribution in [0.4, 0.5) is 4.39 Å². The van der Waals surface area contributed by atoms with Crippen LogP contribution in [0.3, 0.4) is 0 Å². The van der Waals surface area contributed by atoms with Gasteiger partial charge in [-0.05, 0) is 43.3 Å². The molecular weight excluding hydrogens is 387 g/mol. The van der Waals surface area contributed by atoms with Crippen molar-refractivity contribution in [2.75, 3.05) is 0 Å². The molecule has 0 atom stereocenters. The summed E-state index contributed by atoms with van der Waals surface area (Å²) in [7, 11) is 0. The lowest BCUT2D eigenvalue weighted by Crippen LogP contribution is -2.40. The number of carbonyl (C=O) groups excluding carboxylic acids is 2. The lowest BCUT2D eigenvalue weighted by atomic mass is 10.1. The normalized spacial score (nSPS) is 11.1. The number of furan rings is 2. The van der Waals surface area contributed by atoms with E-state index in [9.17, 15) is 14.0 Å². The largest absolute Gasteiger partial charge is 0.457 e. The predicted molar refractivity (Wildman–Crippen MR) is 110 cm³/mol. The Kier molecular flexibility index (Phi) is 5.17. The van der Waals surface area contributed by atoms with E-state index in [1.165, 1.54) is 18.2 Å². The molecule has 2 amide bonds. The fourth-order valence-corrected chi connectivity index (χ4v) is 3.01. The van der Waals surface area contributed by atoms with Crippen molar-refractivity contribution in [1.82, 2.24) is 10.9 Å². The minimum absolute atomic E-state index is 0.126. The standard InChI is InChI=1S/C23H17FN2O4/c1-14-16-6-3-5-9-19(16)30-22(14)23(28)26-25-21(27)13-11-15-10-12-20(29-15)17-7-2-4-8-18(17)24/h2-13H,1H3,(H,25,27)(H,26,28)/b13-11+. The summed E-state index contributed by atoms with van der Waals surface area (Å²) in [5, 5.41) is 0.831. The number of aryl methyl sites for hydroxylation is 1. The molecule has 2 aromatic heterocycles. The van der Waals surface area contributed by atoms with Crippen LogP contribution in [-0.2, 0) is 4.79 Å². The van der Waals surface area contributed by atoms with Crippen LogP contribution in [0.25, 0.3) is 28.4 Å². The highest BCUT2D eigenvalue weighted by atomic mass is 19.1. The van der Waals surface area contributed by atoms with E-state index in [0.29, 0.717) is 28.2 Å². The summed E-state index contributed by atoms with van der Waals surface area (Å²) >= 11 is 0. The van der Waals surface area contributed by atoms with Gasteiger partial charge in [-0.3, -0.25) is 20.4 Å². The molecule has 0 saturated carbocycles. The highest BCUT2D eigenvalue weighted by Crippen LogP contribution is 2.26. The van der Waals surface area contributed by atoms with Gasteiger partial charge in [-0.15, -0.1) is 0 Å². The molecule has 2 aromatic carbocycles. The van der Waals surface area contributed by atoms with Gasteiger partial charge in [0.05, 0.1) is 5.56 Å². The second-order valence-corrected chi connectivity index (χ2v) is 6.51. The Morgan fingerprint density at radius 3 is 2.50 bits per heavy atom. The average Bonchev–Trinajstić information content (AvgIpc) is 3.36. The zero-order valence-corrected chi connectivity index (χ0v) is 15.9. The summed E-state index contributed by atoms with van der Waals surface area (Å²) in [6.07, 6.45) is 2.61. The van der Waals surface area contributed by atoms with Gasteiger partial charge in [-0.2, -0.15) is 0 Å². The first-order valence-electron chi connectivity index (χ1n) is 9.14. The number of halogens is 1. The number of hydrazine groups is 1. The van der Waals surface area contributed by atoms with Crippen LogP contribution in [0.2, 0.25) is 0 Å². The van der Waals surface area contributed by atoms with Gasteiger partial charge in [0.25, 0.3) is 5.91 Å². The molecule has 0 saturated heterocycles. The Morgan fingerprint density at radius 1 is 0.933 bits per heavy atom. The molecule has 30 heavy (non-hydrogen) atoms. The Bertz CT molecular complexity index is 1270. The SMILES string of the molecule is Cc1c(C(=O)NNC(=O)/C=C/c2ccc(-c3ccccc3F)o2)oc2ccccc12.